The third-order valence-corrected chi connectivity index (χ3v) is 11.1. The summed E-state index contributed by atoms with van der Waals surface area (Å²) < 4.78 is 6.02. The average Bonchev–Trinajstić information content (AvgIpc) is 3.55. The smallest absolute Gasteiger partial charge is 0.245 e. The number of rotatable bonds is 20. The van der Waals surface area contributed by atoms with Crippen LogP contribution < -0.4 is 10.6 Å². The molecule has 2 heterocycles. The van der Waals surface area contributed by atoms with Gasteiger partial charge in [0.2, 0.25) is 23.6 Å². The number of carbonyl (C=O) groups excluding carboxylic acids is 4. The number of aromatic nitrogens is 1. The molecule has 2 rings (SSSR count). The maximum atomic E-state index is 14.1. The van der Waals surface area contributed by atoms with Gasteiger partial charge < -0.3 is 25.2 Å². The van der Waals surface area contributed by atoms with Crippen LogP contribution in [0.4, 0.5) is 0 Å². The lowest BCUT2D eigenvalue weighted by molar-refractivity contribution is -0.146. The van der Waals surface area contributed by atoms with Gasteiger partial charge in [0, 0.05) is 57.4 Å². The van der Waals surface area contributed by atoms with Crippen LogP contribution in [0.1, 0.15) is 79.2 Å². The Morgan fingerprint density at radius 3 is 2.22 bits per heavy atom. The first kappa shape index (κ1) is 42.5. The minimum absolute atomic E-state index is 0.0171. The zero-order valence-corrected chi connectivity index (χ0v) is 32.7. The first-order valence-corrected chi connectivity index (χ1v) is 19.2. The second-order valence-corrected chi connectivity index (χ2v) is 15.5. The minimum Gasteiger partial charge on any atom is -0.379 e. The molecular formula is C37H64N6O5S. The first-order chi connectivity index (χ1) is 23.2. The molecule has 7 atom stereocenters. The summed E-state index contributed by atoms with van der Waals surface area (Å²) in [5.74, 6) is -0.456. The number of likely N-dealkylation sites (N-methyl/N-ethyl adjacent to an activating group) is 2. The number of thioether (sulfide) groups is 1. The predicted molar refractivity (Wildman–Crippen MR) is 198 cm³/mol. The molecule has 12 heteroatoms. The third kappa shape index (κ3) is 12.2. The van der Waals surface area contributed by atoms with Crippen molar-refractivity contribution in [1.29, 1.82) is 0 Å². The number of nitrogens with zero attached hydrogens (tertiary/aromatic N) is 4. The summed E-state index contributed by atoms with van der Waals surface area (Å²) in [6.45, 7) is 13.2. The van der Waals surface area contributed by atoms with Gasteiger partial charge in [0.05, 0.1) is 24.6 Å². The Morgan fingerprint density at radius 2 is 1.69 bits per heavy atom. The Morgan fingerprint density at radius 1 is 1.04 bits per heavy atom. The summed E-state index contributed by atoms with van der Waals surface area (Å²) in [5.41, 5.74) is 1.12. The second kappa shape index (κ2) is 20.8. The molecule has 0 bridgehead atoms. The molecule has 0 radical (unpaired) electrons. The predicted octanol–water partition coefficient (Wildman–Crippen LogP) is 3.86. The van der Waals surface area contributed by atoms with Crippen LogP contribution in [0.3, 0.4) is 0 Å². The number of hydrogen-bond acceptors (Lipinski definition) is 8. The summed E-state index contributed by atoms with van der Waals surface area (Å²) in [4.78, 5) is 64.0. The Bertz CT molecular complexity index is 1180. The molecule has 0 aliphatic carbocycles. The van der Waals surface area contributed by atoms with E-state index in [0.717, 1.165) is 31.2 Å². The van der Waals surface area contributed by atoms with Crippen LogP contribution in [0.2, 0.25) is 0 Å². The first-order valence-electron chi connectivity index (χ1n) is 17.9. The third-order valence-electron chi connectivity index (χ3n) is 9.99. The molecule has 1 aliphatic rings. The maximum Gasteiger partial charge on any atom is 0.245 e. The summed E-state index contributed by atoms with van der Waals surface area (Å²) in [6, 6.07) is 2.35. The number of likely N-dealkylation sites (tertiary alicyclic amines) is 1. The average molecular weight is 705 g/mol. The zero-order chi connectivity index (χ0) is 36.8. The van der Waals surface area contributed by atoms with Gasteiger partial charge in [0.25, 0.3) is 0 Å². The molecule has 1 aromatic rings. The Balaban J connectivity index is 2.17. The normalized spacial score (nSPS) is 18.6. The Labute approximate surface area is 300 Å². The number of pyridine rings is 1. The highest BCUT2D eigenvalue weighted by Gasteiger charge is 2.41. The van der Waals surface area contributed by atoms with Crippen LogP contribution in [0, 0.1) is 17.8 Å². The molecule has 1 aliphatic heterocycles. The van der Waals surface area contributed by atoms with Crippen molar-refractivity contribution < 1.29 is 23.9 Å². The standard InChI is InChI=1S/C37H64N6O5S/c1-12-26(6)35(42(9)37(47)33(24(2)3)40-36(46)34(25(4)5)41(7)8)29(48-10)22-32(45)43-21-13-14-28(43)30(49-11)23-31(44)39-20-17-27-15-18-38-19-16-27/h15-16,18-19,24-26,28-30,33-35H,12-14,17,20-23H2,1-11H3,(H,39,44)(H,40,46). The van der Waals surface area contributed by atoms with E-state index >= 15 is 0 Å². The topological polar surface area (TPSA) is 124 Å². The molecule has 0 saturated carbocycles. The van der Waals surface area contributed by atoms with Crippen LogP contribution >= 0.6 is 11.8 Å². The van der Waals surface area contributed by atoms with Crippen molar-refractivity contribution in [1.82, 2.24) is 30.3 Å². The Hall–Kier alpha value is -2.70. The van der Waals surface area contributed by atoms with E-state index in [1.54, 1.807) is 43.2 Å². The molecule has 0 spiro atoms. The van der Waals surface area contributed by atoms with Gasteiger partial charge in [-0.15, -0.1) is 0 Å². The van der Waals surface area contributed by atoms with Crippen LogP contribution in [0.25, 0.3) is 0 Å². The van der Waals surface area contributed by atoms with Gasteiger partial charge in [-0.1, -0.05) is 48.0 Å². The summed E-state index contributed by atoms with van der Waals surface area (Å²) in [7, 11) is 7.10. The van der Waals surface area contributed by atoms with Crippen molar-refractivity contribution in [3.8, 4) is 0 Å². The van der Waals surface area contributed by atoms with Crippen molar-refractivity contribution in [2.24, 2.45) is 17.8 Å². The molecular weight excluding hydrogens is 641 g/mol. The summed E-state index contributed by atoms with van der Waals surface area (Å²) >= 11 is 1.63. The van der Waals surface area contributed by atoms with Crippen LogP contribution in [0.15, 0.2) is 24.5 Å². The number of hydrogen-bond donors (Lipinski definition) is 2. The maximum absolute atomic E-state index is 14.1. The molecule has 2 N–H and O–H groups in total. The number of carbonyl (C=O) groups is 4. The SMILES string of the molecule is CCC(C)C(C(CC(=O)N1CCCC1C(CC(=O)NCCc1ccncc1)SC)OC)N(C)C(=O)C(NC(=O)C(C(C)C)N(C)C)C(C)C. The highest BCUT2D eigenvalue weighted by molar-refractivity contribution is 7.99. The Kier molecular flexibility index (Phi) is 18.1. The fraction of sp³-hybridized carbons (Fsp3) is 0.757. The van der Waals surface area contributed by atoms with Crippen molar-refractivity contribution in [2.45, 2.75) is 116 Å². The van der Waals surface area contributed by atoms with E-state index in [2.05, 4.69) is 29.5 Å². The van der Waals surface area contributed by atoms with E-state index in [9.17, 15) is 19.2 Å². The van der Waals surface area contributed by atoms with Crippen LogP contribution in [-0.2, 0) is 30.3 Å². The molecule has 1 fully saturated rings. The fourth-order valence-corrected chi connectivity index (χ4v) is 8.05. The minimum atomic E-state index is -0.723. The molecule has 49 heavy (non-hydrogen) atoms. The van der Waals surface area contributed by atoms with Gasteiger partial charge >= 0.3 is 0 Å². The van der Waals surface area contributed by atoms with Crippen LogP contribution in [0.5, 0.6) is 0 Å². The van der Waals surface area contributed by atoms with Crippen molar-refractivity contribution in [2.75, 3.05) is 47.6 Å². The number of ether oxygens (including phenoxy) is 1. The van der Waals surface area contributed by atoms with Gasteiger partial charge in [-0.3, -0.25) is 29.1 Å². The zero-order valence-electron chi connectivity index (χ0n) is 31.9. The monoisotopic (exact) mass is 704 g/mol. The highest BCUT2D eigenvalue weighted by Crippen LogP contribution is 2.31. The van der Waals surface area contributed by atoms with Gasteiger partial charge in [-0.05, 0) is 75.1 Å². The largest absolute Gasteiger partial charge is 0.379 e. The molecule has 278 valence electrons. The number of amides is 4. The van der Waals surface area contributed by atoms with Gasteiger partial charge in [-0.25, -0.2) is 0 Å². The lowest BCUT2D eigenvalue weighted by Crippen LogP contribution is -2.59. The van der Waals surface area contributed by atoms with E-state index in [1.807, 2.05) is 70.0 Å². The van der Waals surface area contributed by atoms with Gasteiger partial charge in [0.1, 0.15) is 6.04 Å². The van der Waals surface area contributed by atoms with Crippen molar-refractivity contribution in [3.63, 3.8) is 0 Å². The van der Waals surface area contributed by atoms with E-state index < -0.39 is 12.1 Å². The highest BCUT2D eigenvalue weighted by atomic mass is 32.2. The fourth-order valence-electron chi connectivity index (χ4n) is 7.14. The molecule has 1 saturated heterocycles. The molecule has 1 aromatic heterocycles. The quantitative estimate of drug-likeness (QED) is 0.210. The van der Waals surface area contributed by atoms with Crippen molar-refractivity contribution in [3.05, 3.63) is 30.1 Å². The number of methoxy groups -OCH3 is 1. The van der Waals surface area contributed by atoms with E-state index in [0.29, 0.717) is 19.5 Å². The molecule has 4 amide bonds. The molecule has 0 aromatic carbocycles. The second-order valence-electron chi connectivity index (χ2n) is 14.4. The van der Waals surface area contributed by atoms with E-state index in [1.165, 1.54) is 0 Å². The lowest BCUT2D eigenvalue weighted by Gasteiger charge is -2.41. The van der Waals surface area contributed by atoms with Crippen LogP contribution in [-0.4, -0.2) is 126 Å². The van der Waals surface area contributed by atoms with Gasteiger partial charge in [-0.2, -0.15) is 11.8 Å². The van der Waals surface area contributed by atoms with E-state index in [4.69, 9.17) is 4.74 Å². The number of nitrogens with one attached hydrogen (secondary N) is 2. The van der Waals surface area contributed by atoms with Gasteiger partial charge in [0.15, 0.2) is 0 Å². The van der Waals surface area contributed by atoms with E-state index in [-0.39, 0.29) is 71.2 Å². The van der Waals surface area contributed by atoms with Crippen molar-refractivity contribution >= 4 is 35.4 Å². The lowest BCUT2D eigenvalue weighted by atomic mass is 9.89. The summed E-state index contributed by atoms with van der Waals surface area (Å²) in [5, 5.41) is 6.06. The molecule has 7 unspecified atom stereocenters. The molecule has 11 nitrogen and oxygen atoms in total. The summed E-state index contributed by atoms with van der Waals surface area (Å²) in [6.07, 6.45) is 8.63.